The van der Waals surface area contributed by atoms with Crippen LogP contribution in [0.5, 0.6) is 5.75 Å². The second-order valence-corrected chi connectivity index (χ2v) is 9.56. The fourth-order valence-electron chi connectivity index (χ4n) is 4.19. The average molecular weight is 389 g/mol. The van der Waals surface area contributed by atoms with E-state index in [2.05, 4.69) is 25.7 Å². The molecule has 1 spiro atoms. The van der Waals surface area contributed by atoms with E-state index in [1.165, 1.54) is 0 Å². The summed E-state index contributed by atoms with van der Waals surface area (Å²) in [5, 5.41) is 0. The molecule has 1 aromatic rings. The Morgan fingerprint density at radius 2 is 1.86 bits per heavy atom. The highest BCUT2D eigenvalue weighted by atomic mass is 16.5. The van der Waals surface area contributed by atoms with Crippen LogP contribution in [0.15, 0.2) is 18.2 Å². The molecule has 0 bridgehead atoms. The minimum atomic E-state index is -0.104. The van der Waals surface area contributed by atoms with Gasteiger partial charge in [-0.1, -0.05) is 0 Å². The van der Waals surface area contributed by atoms with Gasteiger partial charge in [0.1, 0.15) is 5.75 Å². The summed E-state index contributed by atoms with van der Waals surface area (Å²) in [5.74, 6) is 0.958. The highest BCUT2D eigenvalue weighted by molar-refractivity contribution is 5.94. The number of aryl methyl sites for hydroxylation is 1. The summed E-state index contributed by atoms with van der Waals surface area (Å²) in [4.78, 5) is 17.5. The maximum atomic E-state index is 13.0. The van der Waals surface area contributed by atoms with E-state index in [-0.39, 0.29) is 23.2 Å². The molecular weight excluding hydrogens is 352 g/mol. The van der Waals surface area contributed by atoms with E-state index in [9.17, 15) is 4.79 Å². The number of amides is 1. The summed E-state index contributed by atoms with van der Waals surface area (Å²) in [6.45, 7) is 17.0. The Labute approximate surface area is 170 Å². The standard InChI is InChI=1S/C23H36N2O3/c1-17(2)28-20-8-7-19(15-18(20)3)21(26)24-11-9-23(10-12-24)16-25(13-14-27-23)22(4,5)6/h7-8,15,17H,9-14,16H2,1-6H3. The molecule has 0 atom stereocenters. The lowest BCUT2D eigenvalue weighted by atomic mass is 9.87. The molecule has 0 N–H and O–H groups in total. The molecule has 0 saturated carbocycles. The quantitative estimate of drug-likeness (QED) is 0.788. The van der Waals surface area contributed by atoms with Gasteiger partial charge in [-0.15, -0.1) is 0 Å². The fraction of sp³-hybridized carbons (Fsp3) is 0.696. The Bertz CT molecular complexity index is 700. The summed E-state index contributed by atoms with van der Waals surface area (Å²) >= 11 is 0. The number of carbonyl (C=O) groups is 1. The first-order valence-corrected chi connectivity index (χ1v) is 10.6. The van der Waals surface area contributed by atoms with Crippen molar-refractivity contribution in [1.82, 2.24) is 9.80 Å². The van der Waals surface area contributed by atoms with E-state index < -0.39 is 0 Å². The van der Waals surface area contributed by atoms with Crippen LogP contribution in [0.2, 0.25) is 0 Å². The van der Waals surface area contributed by atoms with Gasteiger partial charge in [-0.25, -0.2) is 0 Å². The third-order valence-corrected chi connectivity index (χ3v) is 5.94. The Morgan fingerprint density at radius 1 is 1.18 bits per heavy atom. The molecule has 1 amide bonds. The Hall–Kier alpha value is -1.59. The van der Waals surface area contributed by atoms with Gasteiger partial charge in [0.05, 0.1) is 18.3 Å². The van der Waals surface area contributed by atoms with Crippen LogP contribution in [0.25, 0.3) is 0 Å². The molecule has 0 unspecified atom stereocenters. The molecule has 2 saturated heterocycles. The van der Waals surface area contributed by atoms with Crippen molar-refractivity contribution in [3.8, 4) is 5.75 Å². The first-order chi connectivity index (χ1) is 13.1. The lowest BCUT2D eigenvalue weighted by Crippen LogP contribution is -2.61. The highest BCUT2D eigenvalue weighted by Gasteiger charge is 2.42. The van der Waals surface area contributed by atoms with E-state index in [4.69, 9.17) is 9.47 Å². The van der Waals surface area contributed by atoms with E-state index in [1.54, 1.807) is 0 Å². The first-order valence-electron chi connectivity index (χ1n) is 10.6. The summed E-state index contributed by atoms with van der Waals surface area (Å²) in [6.07, 6.45) is 1.93. The van der Waals surface area contributed by atoms with Crippen molar-refractivity contribution in [2.75, 3.05) is 32.8 Å². The molecule has 0 radical (unpaired) electrons. The van der Waals surface area contributed by atoms with Gasteiger partial charge in [0.25, 0.3) is 5.91 Å². The van der Waals surface area contributed by atoms with Crippen molar-refractivity contribution in [3.63, 3.8) is 0 Å². The molecule has 1 aromatic carbocycles. The van der Waals surface area contributed by atoms with E-state index >= 15 is 0 Å². The molecule has 5 heteroatoms. The van der Waals surface area contributed by atoms with Gasteiger partial charge in [-0.3, -0.25) is 9.69 Å². The number of nitrogens with zero attached hydrogens (tertiary/aromatic N) is 2. The Morgan fingerprint density at radius 3 is 2.43 bits per heavy atom. The zero-order valence-electron chi connectivity index (χ0n) is 18.4. The fourth-order valence-corrected chi connectivity index (χ4v) is 4.19. The van der Waals surface area contributed by atoms with Crippen molar-refractivity contribution < 1.29 is 14.3 Å². The van der Waals surface area contributed by atoms with Gasteiger partial charge in [0, 0.05) is 37.3 Å². The van der Waals surface area contributed by atoms with Gasteiger partial charge < -0.3 is 14.4 Å². The largest absolute Gasteiger partial charge is 0.491 e. The minimum absolute atomic E-state index is 0.104. The van der Waals surface area contributed by atoms with E-state index in [0.29, 0.717) is 0 Å². The van der Waals surface area contributed by atoms with Crippen molar-refractivity contribution >= 4 is 5.91 Å². The van der Waals surface area contributed by atoms with Crippen LogP contribution in [0.4, 0.5) is 0 Å². The minimum Gasteiger partial charge on any atom is -0.491 e. The third-order valence-electron chi connectivity index (χ3n) is 5.94. The normalized spacial score (nSPS) is 20.6. The van der Waals surface area contributed by atoms with E-state index in [1.807, 2.05) is 43.9 Å². The number of piperidine rings is 1. The average Bonchev–Trinajstić information content (AvgIpc) is 2.62. The second-order valence-electron chi connectivity index (χ2n) is 9.56. The van der Waals surface area contributed by atoms with Crippen LogP contribution in [0.1, 0.15) is 63.4 Å². The molecule has 156 valence electrons. The zero-order chi connectivity index (χ0) is 20.5. The topological polar surface area (TPSA) is 42.0 Å². The van der Waals surface area contributed by atoms with Crippen LogP contribution in [0.3, 0.4) is 0 Å². The molecule has 2 fully saturated rings. The summed E-state index contributed by atoms with van der Waals surface area (Å²) in [7, 11) is 0. The molecule has 3 rings (SSSR count). The van der Waals surface area contributed by atoms with E-state index in [0.717, 1.165) is 62.5 Å². The first kappa shape index (κ1) is 21.1. The third kappa shape index (κ3) is 4.69. The number of hydrogen-bond donors (Lipinski definition) is 0. The lowest BCUT2D eigenvalue weighted by molar-refractivity contribution is -0.148. The number of hydrogen-bond acceptors (Lipinski definition) is 4. The van der Waals surface area contributed by atoms with Crippen molar-refractivity contribution in [2.45, 2.75) is 71.6 Å². The van der Waals surface area contributed by atoms with Gasteiger partial charge in [0.2, 0.25) is 0 Å². The predicted molar refractivity (Wildman–Crippen MR) is 112 cm³/mol. The molecule has 2 heterocycles. The Kier molecular flexibility index (Phi) is 6.06. The number of morpholine rings is 1. The zero-order valence-corrected chi connectivity index (χ0v) is 18.4. The van der Waals surface area contributed by atoms with Crippen LogP contribution in [0, 0.1) is 6.92 Å². The van der Waals surface area contributed by atoms with Crippen molar-refractivity contribution in [1.29, 1.82) is 0 Å². The van der Waals surface area contributed by atoms with Crippen molar-refractivity contribution in [2.24, 2.45) is 0 Å². The highest BCUT2D eigenvalue weighted by Crippen LogP contribution is 2.33. The molecule has 2 aliphatic rings. The molecular formula is C23H36N2O3. The van der Waals surface area contributed by atoms with Gasteiger partial charge >= 0.3 is 0 Å². The number of rotatable bonds is 3. The summed E-state index contributed by atoms with van der Waals surface area (Å²) < 4.78 is 12.0. The lowest BCUT2D eigenvalue weighted by Gasteiger charge is -2.50. The molecule has 5 nitrogen and oxygen atoms in total. The molecule has 28 heavy (non-hydrogen) atoms. The monoisotopic (exact) mass is 388 g/mol. The van der Waals surface area contributed by atoms with Crippen LogP contribution < -0.4 is 4.74 Å². The van der Waals surface area contributed by atoms with Crippen LogP contribution in [-0.4, -0.2) is 65.7 Å². The number of ether oxygens (including phenoxy) is 2. The van der Waals surface area contributed by atoms with Crippen LogP contribution in [-0.2, 0) is 4.74 Å². The molecule has 0 aromatic heterocycles. The molecule has 2 aliphatic heterocycles. The van der Waals surface area contributed by atoms with Crippen LogP contribution >= 0.6 is 0 Å². The smallest absolute Gasteiger partial charge is 0.253 e. The molecule has 0 aliphatic carbocycles. The number of benzene rings is 1. The second kappa shape index (κ2) is 8.03. The van der Waals surface area contributed by atoms with Gasteiger partial charge in [0.15, 0.2) is 0 Å². The summed E-state index contributed by atoms with van der Waals surface area (Å²) in [6, 6.07) is 5.75. The van der Waals surface area contributed by atoms with Gasteiger partial charge in [-0.2, -0.15) is 0 Å². The Balaban J connectivity index is 1.63. The SMILES string of the molecule is Cc1cc(C(=O)N2CCC3(CC2)CN(C(C)(C)C)CCO3)ccc1OC(C)C. The maximum absolute atomic E-state index is 13.0. The predicted octanol–water partition coefficient (Wildman–Crippen LogP) is 3.89. The van der Waals surface area contributed by atoms with Gasteiger partial charge in [-0.05, 0) is 78.1 Å². The van der Waals surface area contributed by atoms with Crippen molar-refractivity contribution in [3.05, 3.63) is 29.3 Å². The number of carbonyl (C=O) groups excluding carboxylic acids is 1. The number of likely N-dealkylation sites (tertiary alicyclic amines) is 1. The summed E-state index contributed by atoms with van der Waals surface area (Å²) in [5.41, 5.74) is 1.80. The maximum Gasteiger partial charge on any atom is 0.253 e.